The van der Waals surface area contributed by atoms with Gasteiger partial charge >= 0.3 is 0 Å². The summed E-state index contributed by atoms with van der Waals surface area (Å²) in [7, 11) is 0. The Labute approximate surface area is 166 Å². The second-order valence-electron chi connectivity index (χ2n) is 6.62. The molecule has 4 heteroatoms. The number of amides is 1. The highest BCUT2D eigenvalue weighted by Gasteiger charge is 2.09. The number of carbonyl (C=O) groups is 1. The number of hydrogen-bond donors (Lipinski definition) is 1. The third-order valence-corrected chi connectivity index (χ3v) is 4.35. The molecule has 4 nitrogen and oxygen atoms in total. The van der Waals surface area contributed by atoms with Gasteiger partial charge in [-0.05, 0) is 49.2 Å². The van der Waals surface area contributed by atoms with E-state index in [1.807, 2.05) is 73.7 Å². The minimum Gasteiger partial charge on any atom is -0.491 e. The Balaban J connectivity index is 1.63. The lowest BCUT2D eigenvalue weighted by Crippen LogP contribution is -2.13. The first-order valence-electron chi connectivity index (χ1n) is 9.49. The Morgan fingerprint density at radius 1 is 0.929 bits per heavy atom. The number of nitrogens with one attached hydrogen (secondary N) is 1. The van der Waals surface area contributed by atoms with Crippen LogP contribution in [0.15, 0.2) is 78.9 Å². The third-order valence-electron chi connectivity index (χ3n) is 4.35. The fraction of sp³-hybridized carbons (Fsp3) is 0.208. The van der Waals surface area contributed by atoms with Gasteiger partial charge in [-0.2, -0.15) is 0 Å². The Morgan fingerprint density at radius 2 is 1.68 bits per heavy atom. The van der Waals surface area contributed by atoms with Crippen LogP contribution < -0.4 is 14.8 Å². The molecule has 3 aromatic rings. The zero-order valence-corrected chi connectivity index (χ0v) is 16.2. The molecule has 0 aromatic heterocycles. The maximum Gasteiger partial charge on any atom is 0.255 e. The highest BCUT2D eigenvalue weighted by atomic mass is 16.5. The molecular formula is C24H25NO3. The standard InChI is InChI=1S/C24H25NO3/c1-3-18(2)28-23-14-7-11-20(15-23)24(26)25-21-12-8-13-22(16-21)27-17-19-9-5-4-6-10-19/h4-16,18H,3,17H2,1-2H3,(H,25,26). The summed E-state index contributed by atoms with van der Waals surface area (Å²) in [6.07, 6.45) is 1.02. The summed E-state index contributed by atoms with van der Waals surface area (Å²) in [5.74, 6) is 1.22. The average molecular weight is 375 g/mol. The summed E-state index contributed by atoms with van der Waals surface area (Å²) in [6, 6.07) is 24.6. The molecule has 28 heavy (non-hydrogen) atoms. The summed E-state index contributed by atoms with van der Waals surface area (Å²) in [5, 5.41) is 2.92. The van der Waals surface area contributed by atoms with Crippen molar-refractivity contribution in [1.29, 1.82) is 0 Å². The molecule has 1 atom stereocenters. The normalized spacial score (nSPS) is 11.5. The number of carbonyl (C=O) groups excluding carboxylic acids is 1. The first-order chi connectivity index (χ1) is 13.6. The smallest absolute Gasteiger partial charge is 0.255 e. The van der Waals surface area contributed by atoms with Crippen molar-refractivity contribution in [2.24, 2.45) is 0 Å². The number of ether oxygens (including phenoxy) is 2. The number of rotatable bonds is 8. The molecular weight excluding hydrogens is 350 g/mol. The minimum atomic E-state index is -0.185. The number of anilines is 1. The van der Waals surface area contributed by atoms with Crippen LogP contribution in [-0.2, 0) is 6.61 Å². The SMILES string of the molecule is CCC(C)Oc1cccc(C(=O)Nc2cccc(OCc3ccccc3)c2)c1. The first-order valence-corrected chi connectivity index (χ1v) is 9.49. The van der Waals surface area contributed by atoms with Crippen molar-refractivity contribution in [3.05, 3.63) is 90.0 Å². The van der Waals surface area contributed by atoms with Gasteiger partial charge in [0, 0.05) is 17.3 Å². The molecule has 0 bridgehead atoms. The molecule has 3 aromatic carbocycles. The molecule has 0 aliphatic heterocycles. The van der Waals surface area contributed by atoms with E-state index in [9.17, 15) is 4.79 Å². The topological polar surface area (TPSA) is 47.6 Å². The Bertz CT molecular complexity index is 908. The van der Waals surface area contributed by atoms with Gasteiger partial charge in [-0.3, -0.25) is 4.79 Å². The van der Waals surface area contributed by atoms with Gasteiger partial charge in [0.25, 0.3) is 5.91 Å². The largest absolute Gasteiger partial charge is 0.491 e. The van der Waals surface area contributed by atoms with E-state index in [0.717, 1.165) is 12.0 Å². The van der Waals surface area contributed by atoms with Crippen molar-refractivity contribution in [2.45, 2.75) is 33.0 Å². The zero-order chi connectivity index (χ0) is 19.8. The van der Waals surface area contributed by atoms with Gasteiger partial charge in [-0.15, -0.1) is 0 Å². The molecule has 1 N–H and O–H groups in total. The molecule has 0 radical (unpaired) electrons. The van der Waals surface area contributed by atoms with Crippen molar-refractivity contribution in [2.75, 3.05) is 5.32 Å². The molecule has 0 heterocycles. The highest BCUT2D eigenvalue weighted by Crippen LogP contribution is 2.21. The van der Waals surface area contributed by atoms with Crippen molar-refractivity contribution in [3.63, 3.8) is 0 Å². The Morgan fingerprint density at radius 3 is 2.46 bits per heavy atom. The first kappa shape index (κ1) is 19.5. The van der Waals surface area contributed by atoms with Crippen LogP contribution in [0.1, 0.15) is 36.2 Å². The molecule has 0 aliphatic carbocycles. The highest BCUT2D eigenvalue weighted by molar-refractivity contribution is 6.04. The van der Waals surface area contributed by atoms with Crippen LogP contribution >= 0.6 is 0 Å². The van der Waals surface area contributed by atoms with Crippen LogP contribution in [0.5, 0.6) is 11.5 Å². The van der Waals surface area contributed by atoms with Crippen molar-refractivity contribution >= 4 is 11.6 Å². The molecule has 144 valence electrons. The summed E-state index contributed by atoms with van der Waals surface area (Å²) in [6.45, 7) is 4.55. The predicted octanol–water partition coefficient (Wildman–Crippen LogP) is 5.70. The van der Waals surface area contributed by atoms with E-state index in [0.29, 0.717) is 29.4 Å². The number of benzene rings is 3. The van der Waals surface area contributed by atoms with Gasteiger partial charge in [-0.1, -0.05) is 49.4 Å². The average Bonchev–Trinajstić information content (AvgIpc) is 2.73. The maximum atomic E-state index is 12.6. The molecule has 0 saturated heterocycles. The summed E-state index contributed by atoms with van der Waals surface area (Å²) in [5.41, 5.74) is 2.33. The van der Waals surface area contributed by atoms with Crippen molar-refractivity contribution in [1.82, 2.24) is 0 Å². The lowest BCUT2D eigenvalue weighted by molar-refractivity contribution is 0.102. The lowest BCUT2D eigenvalue weighted by Gasteiger charge is -2.13. The monoisotopic (exact) mass is 375 g/mol. The second-order valence-corrected chi connectivity index (χ2v) is 6.62. The molecule has 0 spiro atoms. The van der Waals surface area contributed by atoms with E-state index < -0.39 is 0 Å². The van der Waals surface area contributed by atoms with E-state index in [4.69, 9.17) is 9.47 Å². The molecule has 0 fully saturated rings. The fourth-order valence-corrected chi connectivity index (χ4v) is 2.63. The molecule has 0 saturated carbocycles. The van der Waals surface area contributed by atoms with Crippen LogP contribution in [0.3, 0.4) is 0 Å². The summed E-state index contributed by atoms with van der Waals surface area (Å²) < 4.78 is 11.6. The summed E-state index contributed by atoms with van der Waals surface area (Å²) in [4.78, 5) is 12.6. The van der Waals surface area contributed by atoms with E-state index in [1.165, 1.54) is 0 Å². The van der Waals surface area contributed by atoms with Gasteiger partial charge < -0.3 is 14.8 Å². The Hall–Kier alpha value is -3.27. The van der Waals surface area contributed by atoms with Crippen LogP contribution in [0.4, 0.5) is 5.69 Å². The van der Waals surface area contributed by atoms with Gasteiger partial charge in [0.2, 0.25) is 0 Å². The van der Waals surface area contributed by atoms with Crippen LogP contribution in [0.25, 0.3) is 0 Å². The van der Waals surface area contributed by atoms with Crippen LogP contribution in [-0.4, -0.2) is 12.0 Å². The number of hydrogen-bond acceptors (Lipinski definition) is 3. The fourth-order valence-electron chi connectivity index (χ4n) is 2.63. The van der Waals surface area contributed by atoms with E-state index in [1.54, 1.807) is 12.1 Å². The van der Waals surface area contributed by atoms with E-state index in [-0.39, 0.29) is 12.0 Å². The second kappa shape index (κ2) is 9.60. The van der Waals surface area contributed by atoms with E-state index in [2.05, 4.69) is 12.2 Å². The Kier molecular flexibility index (Phi) is 6.68. The molecule has 3 rings (SSSR count). The van der Waals surface area contributed by atoms with E-state index >= 15 is 0 Å². The van der Waals surface area contributed by atoms with Crippen LogP contribution in [0, 0.1) is 0 Å². The van der Waals surface area contributed by atoms with Gasteiger partial charge in [0.05, 0.1) is 6.10 Å². The van der Waals surface area contributed by atoms with Crippen molar-refractivity contribution < 1.29 is 14.3 Å². The lowest BCUT2D eigenvalue weighted by atomic mass is 10.2. The van der Waals surface area contributed by atoms with Crippen molar-refractivity contribution in [3.8, 4) is 11.5 Å². The molecule has 1 unspecified atom stereocenters. The predicted molar refractivity (Wildman–Crippen MR) is 112 cm³/mol. The minimum absolute atomic E-state index is 0.108. The van der Waals surface area contributed by atoms with Gasteiger partial charge in [0.15, 0.2) is 0 Å². The summed E-state index contributed by atoms with van der Waals surface area (Å²) >= 11 is 0. The third kappa shape index (κ3) is 5.61. The molecule has 1 amide bonds. The zero-order valence-electron chi connectivity index (χ0n) is 16.2. The maximum absolute atomic E-state index is 12.6. The van der Waals surface area contributed by atoms with Gasteiger partial charge in [0.1, 0.15) is 18.1 Å². The quantitative estimate of drug-likeness (QED) is 0.550. The van der Waals surface area contributed by atoms with Gasteiger partial charge in [-0.25, -0.2) is 0 Å². The van der Waals surface area contributed by atoms with Crippen LogP contribution in [0.2, 0.25) is 0 Å². The molecule has 0 aliphatic rings.